The van der Waals surface area contributed by atoms with Crippen LogP contribution in [0, 0.1) is 0 Å². The number of para-hydroxylation sites is 1. The summed E-state index contributed by atoms with van der Waals surface area (Å²) in [7, 11) is -3.17. The molecule has 140 valence electrons. The molecule has 0 atom stereocenters. The van der Waals surface area contributed by atoms with Gasteiger partial charge >= 0.3 is 0 Å². The number of benzene rings is 1. The number of nitrogens with zero attached hydrogens (tertiary/aromatic N) is 1. The molecule has 1 aromatic carbocycles. The second-order valence-corrected chi connectivity index (χ2v) is 8.94. The van der Waals surface area contributed by atoms with Crippen molar-refractivity contribution in [3.05, 3.63) is 42.5 Å². The molecule has 0 spiro atoms. The number of ether oxygens (including phenoxy) is 1. The average molecular weight is 368 g/mol. The third-order valence-corrected chi connectivity index (χ3v) is 5.92. The van der Waals surface area contributed by atoms with E-state index in [1.807, 2.05) is 31.2 Å². The third kappa shape index (κ3) is 6.78. The summed E-state index contributed by atoms with van der Waals surface area (Å²) in [6.07, 6.45) is 2.94. The Bertz CT molecular complexity index is 697. The van der Waals surface area contributed by atoms with Crippen molar-refractivity contribution in [2.45, 2.75) is 32.1 Å². The predicted octanol–water partition coefficient (Wildman–Crippen LogP) is 2.13. The van der Waals surface area contributed by atoms with Crippen LogP contribution in [0.5, 0.6) is 5.75 Å². The van der Waals surface area contributed by atoms with E-state index < -0.39 is 14.6 Å². The fourth-order valence-electron chi connectivity index (χ4n) is 1.86. The second-order valence-electron chi connectivity index (χ2n) is 6.29. The van der Waals surface area contributed by atoms with Crippen molar-refractivity contribution in [1.82, 2.24) is 10.6 Å². The summed E-state index contributed by atoms with van der Waals surface area (Å²) in [5.74, 6) is 1.33. The zero-order valence-corrected chi connectivity index (χ0v) is 16.3. The number of guanidine groups is 1. The lowest BCUT2D eigenvalue weighted by Gasteiger charge is -2.24. The van der Waals surface area contributed by atoms with Crippen LogP contribution in [0.4, 0.5) is 0 Å². The minimum atomic E-state index is -3.17. The number of hydrogen-bond donors (Lipinski definition) is 2. The Morgan fingerprint density at radius 1 is 1.32 bits per heavy atom. The zero-order valence-electron chi connectivity index (χ0n) is 15.5. The maximum absolute atomic E-state index is 11.8. The van der Waals surface area contributed by atoms with Crippen LogP contribution in [-0.2, 0) is 16.4 Å². The summed E-state index contributed by atoms with van der Waals surface area (Å²) in [5, 5.41) is 6.23. The Kier molecular flexibility index (Phi) is 7.96. The van der Waals surface area contributed by atoms with Crippen LogP contribution in [-0.4, -0.2) is 45.1 Å². The molecule has 1 rings (SSSR count). The lowest BCUT2D eigenvalue weighted by Crippen LogP contribution is -2.47. The van der Waals surface area contributed by atoms with Gasteiger partial charge in [-0.2, -0.15) is 0 Å². The van der Waals surface area contributed by atoms with Gasteiger partial charge in [-0.15, -0.1) is 0 Å². The van der Waals surface area contributed by atoms with E-state index in [2.05, 4.69) is 22.2 Å². The lowest BCUT2D eigenvalue weighted by molar-refractivity contribution is 0.359. The SMILES string of the molecule is C=CCOc1ccccc1CN=C(NCC)NCC(C)(C)S(C)(=O)=O. The molecule has 0 saturated heterocycles. The summed E-state index contributed by atoms with van der Waals surface area (Å²) in [5.41, 5.74) is 0.948. The minimum Gasteiger partial charge on any atom is -0.489 e. The molecule has 0 aliphatic rings. The van der Waals surface area contributed by atoms with Gasteiger partial charge in [-0.1, -0.05) is 30.9 Å². The van der Waals surface area contributed by atoms with Crippen LogP contribution in [0.15, 0.2) is 41.9 Å². The number of sulfone groups is 1. The van der Waals surface area contributed by atoms with Gasteiger partial charge in [0.15, 0.2) is 15.8 Å². The molecule has 0 aliphatic heterocycles. The Hall–Kier alpha value is -2.02. The van der Waals surface area contributed by atoms with Crippen molar-refractivity contribution in [1.29, 1.82) is 0 Å². The van der Waals surface area contributed by atoms with Crippen LogP contribution >= 0.6 is 0 Å². The number of rotatable bonds is 9. The van der Waals surface area contributed by atoms with Gasteiger partial charge in [0, 0.05) is 24.9 Å². The normalized spacial score (nSPS) is 12.6. The van der Waals surface area contributed by atoms with Crippen molar-refractivity contribution >= 4 is 15.8 Å². The molecule has 2 N–H and O–H groups in total. The van der Waals surface area contributed by atoms with E-state index in [4.69, 9.17) is 4.74 Å². The standard InChI is InChI=1S/C18H29N3O3S/c1-6-12-24-16-11-9-8-10-15(16)13-20-17(19-7-2)21-14-18(3,4)25(5,22)23/h6,8-11H,1,7,12-14H2,2-5H3,(H2,19,20,21). The molecular formula is C18H29N3O3S. The van der Waals surface area contributed by atoms with E-state index in [1.165, 1.54) is 6.26 Å². The Balaban J connectivity index is 2.84. The summed E-state index contributed by atoms with van der Waals surface area (Å²) in [6, 6.07) is 7.68. The highest BCUT2D eigenvalue weighted by Crippen LogP contribution is 2.19. The molecule has 0 bridgehead atoms. The number of nitrogens with one attached hydrogen (secondary N) is 2. The molecule has 0 saturated carbocycles. The Labute approximate surface area is 151 Å². The van der Waals surface area contributed by atoms with Gasteiger partial charge in [-0.25, -0.2) is 13.4 Å². The molecule has 1 aromatic rings. The van der Waals surface area contributed by atoms with E-state index in [1.54, 1.807) is 19.9 Å². The minimum absolute atomic E-state index is 0.270. The summed E-state index contributed by atoms with van der Waals surface area (Å²) in [6.45, 7) is 10.8. The maximum Gasteiger partial charge on any atom is 0.191 e. The van der Waals surface area contributed by atoms with Crippen LogP contribution < -0.4 is 15.4 Å². The van der Waals surface area contributed by atoms with Gasteiger partial charge in [0.05, 0.1) is 11.3 Å². The van der Waals surface area contributed by atoms with Crippen molar-refractivity contribution in [3.8, 4) is 5.75 Å². The van der Waals surface area contributed by atoms with Gasteiger partial charge < -0.3 is 15.4 Å². The van der Waals surface area contributed by atoms with Crippen LogP contribution in [0.25, 0.3) is 0 Å². The van der Waals surface area contributed by atoms with Crippen molar-refractivity contribution < 1.29 is 13.2 Å². The first kappa shape index (κ1) is 21.0. The monoisotopic (exact) mass is 367 g/mol. The smallest absolute Gasteiger partial charge is 0.191 e. The fraction of sp³-hybridized carbons (Fsp3) is 0.500. The molecule has 6 nitrogen and oxygen atoms in total. The van der Waals surface area contributed by atoms with E-state index in [0.717, 1.165) is 11.3 Å². The third-order valence-electron chi connectivity index (χ3n) is 3.77. The lowest BCUT2D eigenvalue weighted by atomic mass is 10.2. The zero-order chi connectivity index (χ0) is 18.9. The van der Waals surface area contributed by atoms with Crippen molar-refractivity contribution in [2.24, 2.45) is 4.99 Å². The predicted molar refractivity (Wildman–Crippen MR) is 104 cm³/mol. The topological polar surface area (TPSA) is 79.8 Å². The highest BCUT2D eigenvalue weighted by molar-refractivity contribution is 7.92. The first-order valence-corrected chi connectivity index (χ1v) is 10.1. The number of hydrogen-bond acceptors (Lipinski definition) is 4. The average Bonchev–Trinajstić information content (AvgIpc) is 2.55. The van der Waals surface area contributed by atoms with Gasteiger partial charge in [0.25, 0.3) is 0 Å². The molecule has 0 heterocycles. The van der Waals surface area contributed by atoms with E-state index in [0.29, 0.717) is 25.7 Å². The second kappa shape index (κ2) is 9.46. The molecule has 0 amide bonds. The van der Waals surface area contributed by atoms with E-state index in [-0.39, 0.29) is 6.54 Å². The summed E-state index contributed by atoms with van der Waals surface area (Å²) >= 11 is 0. The molecule has 0 unspecified atom stereocenters. The van der Waals surface area contributed by atoms with Gasteiger partial charge in [-0.05, 0) is 26.8 Å². The number of aliphatic imine (C=N–C) groups is 1. The highest BCUT2D eigenvalue weighted by atomic mass is 32.2. The molecule has 0 aromatic heterocycles. The summed E-state index contributed by atoms with van der Waals surface area (Å²) in [4.78, 5) is 4.53. The molecule has 25 heavy (non-hydrogen) atoms. The molecule has 7 heteroatoms. The first-order valence-electron chi connectivity index (χ1n) is 8.24. The Morgan fingerprint density at radius 2 is 2.00 bits per heavy atom. The van der Waals surface area contributed by atoms with E-state index >= 15 is 0 Å². The van der Waals surface area contributed by atoms with Crippen LogP contribution in [0.3, 0.4) is 0 Å². The maximum atomic E-state index is 11.8. The van der Waals surface area contributed by atoms with Gasteiger partial charge in [0.2, 0.25) is 0 Å². The largest absolute Gasteiger partial charge is 0.489 e. The highest BCUT2D eigenvalue weighted by Gasteiger charge is 2.30. The van der Waals surface area contributed by atoms with Gasteiger partial charge in [0.1, 0.15) is 12.4 Å². The Morgan fingerprint density at radius 3 is 2.60 bits per heavy atom. The van der Waals surface area contributed by atoms with E-state index in [9.17, 15) is 8.42 Å². The van der Waals surface area contributed by atoms with Crippen molar-refractivity contribution in [2.75, 3.05) is 26.0 Å². The first-order chi connectivity index (χ1) is 11.7. The van der Waals surface area contributed by atoms with Crippen LogP contribution in [0.1, 0.15) is 26.3 Å². The van der Waals surface area contributed by atoms with Gasteiger partial charge in [-0.3, -0.25) is 0 Å². The quantitative estimate of drug-likeness (QED) is 0.397. The fourth-order valence-corrected chi connectivity index (χ4v) is 2.19. The molecule has 0 fully saturated rings. The summed E-state index contributed by atoms with van der Waals surface area (Å²) < 4.78 is 28.4. The van der Waals surface area contributed by atoms with Crippen molar-refractivity contribution in [3.63, 3.8) is 0 Å². The molecule has 0 radical (unpaired) electrons. The van der Waals surface area contributed by atoms with Crippen LogP contribution in [0.2, 0.25) is 0 Å². The molecular weight excluding hydrogens is 338 g/mol. The molecule has 0 aliphatic carbocycles.